The Morgan fingerprint density at radius 1 is 1.09 bits per heavy atom. The summed E-state index contributed by atoms with van der Waals surface area (Å²) < 4.78 is 11.0. The van der Waals surface area contributed by atoms with Crippen molar-refractivity contribution in [3.8, 4) is 0 Å². The molecule has 0 radical (unpaired) electrons. The van der Waals surface area contributed by atoms with Crippen LogP contribution in [0.1, 0.15) is 74.2 Å². The minimum Gasteiger partial charge on any atom is -0.458 e. The fourth-order valence-electron chi connectivity index (χ4n) is 5.76. The Kier molecular flexibility index (Phi) is 10.5. The summed E-state index contributed by atoms with van der Waals surface area (Å²) in [7, 11) is 0. The summed E-state index contributed by atoms with van der Waals surface area (Å²) in [5, 5.41) is 9.85. The van der Waals surface area contributed by atoms with Gasteiger partial charge in [0.2, 0.25) is 0 Å². The number of ether oxygens (including phenoxy) is 2. The van der Waals surface area contributed by atoms with E-state index in [0.29, 0.717) is 28.1 Å². The molecule has 0 saturated carbocycles. The van der Waals surface area contributed by atoms with Crippen molar-refractivity contribution in [2.75, 3.05) is 41.7 Å². The van der Waals surface area contributed by atoms with Crippen LogP contribution < -0.4 is 20.9 Å². The molecule has 246 valence electrons. The first-order valence-electron chi connectivity index (χ1n) is 15.9. The summed E-state index contributed by atoms with van der Waals surface area (Å²) >= 11 is 6.19. The van der Waals surface area contributed by atoms with E-state index in [1.165, 1.54) is 5.56 Å². The number of halogens is 1. The second-order valence-corrected chi connectivity index (χ2v) is 13.3. The lowest BCUT2D eigenvalue weighted by Crippen LogP contribution is -2.48. The summed E-state index contributed by atoms with van der Waals surface area (Å²) in [5.74, 6) is 2.89. The van der Waals surface area contributed by atoms with Crippen LogP contribution in [0.2, 0.25) is 5.02 Å². The zero-order valence-electron chi connectivity index (χ0n) is 27.3. The fourth-order valence-corrected chi connectivity index (χ4v) is 5.95. The van der Waals surface area contributed by atoms with E-state index in [1.807, 2.05) is 19.9 Å². The third-order valence-corrected chi connectivity index (χ3v) is 8.50. The molecule has 1 fully saturated rings. The number of carbonyl (C=O) groups excluding carboxylic acids is 2. The highest BCUT2D eigenvalue weighted by molar-refractivity contribution is 6.31. The lowest BCUT2D eigenvalue weighted by atomic mass is 9.92. The molecule has 2 aromatic heterocycles. The van der Waals surface area contributed by atoms with Crippen molar-refractivity contribution in [1.82, 2.24) is 20.3 Å². The Hall–Kier alpha value is -4.12. The highest BCUT2D eigenvalue weighted by Crippen LogP contribution is 2.33. The van der Waals surface area contributed by atoms with Gasteiger partial charge >= 0.3 is 12.1 Å². The van der Waals surface area contributed by atoms with Gasteiger partial charge in [0.15, 0.2) is 0 Å². The normalized spacial score (nSPS) is 15.7. The van der Waals surface area contributed by atoms with Crippen molar-refractivity contribution in [1.29, 1.82) is 0 Å². The van der Waals surface area contributed by atoms with Gasteiger partial charge in [0.05, 0.1) is 0 Å². The van der Waals surface area contributed by atoms with Crippen molar-refractivity contribution >= 4 is 41.1 Å². The molecule has 12 heteroatoms. The number of alkyl carbamates (subject to hydrolysis) is 1. The highest BCUT2D eigenvalue weighted by Gasteiger charge is 2.29. The maximum Gasteiger partial charge on any atom is 0.408 e. The number of benzene rings is 1. The Morgan fingerprint density at radius 3 is 2.59 bits per heavy atom. The number of nitrogens with one attached hydrogen (secondary N) is 3. The molecular weight excluding hydrogens is 606 g/mol. The van der Waals surface area contributed by atoms with Gasteiger partial charge in [-0.3, -0.25) is 0 Å². The Morgan fingerprint density at radius 2 is 1.85 bits per heavy atom. The van der Waals surface area contributed by atoms with Crippen LogP contribution >= 0.6 is 11.6 Å². The number of piperidine rings is 1. The second kappa shape index (κ2) is 14.5. The summed E-state index contributed by atoms with van der Waals surface area (Å²) in [5.41, 5.74) is 3.23. The van der Waals surface area contributed by atoms with Crippen LogP contribution in [0, 0.1) is 13.8 Å². The summed E-state index contributed by atoms with van der Waals surface area (Å²) in [6, 6.07) is 10.5. The first kappa shape index (κ1) is 33.2. The maximum absolute atomic E-state index is 13.1. The number of carbonyl (C=O) groups is 2. The smallest absolute Gasteiger partial charge is 0.408 e. The molecule has 3 N–H and O–H groups in total. The van der Waals surface area contributed by atoms with Crippen LogP contribution in [0.3, 0.4) is 0 Å². The highest BCUT2D eigenvalue weighted by atomic mass is 35.5. The first-order valence-corrected chi connectivity index (χ1v) is 16.3. The second-order valence-electron chi connectivity index (χ2n) is 12.9. The minimum atomic E-state index is -1.04. The molecule has 2 aliphatic heterocycles. The van der Waals surface area contributed by atoms with E-state index in [-0.39, 0.29) is 13.2 Å². The van der Waals surface area contributed by atoms with Gasteiger partial charge in [-0.1, -0.05) is 35.9 Å². The Bertz CT molecular complexity index is 1550. The van der Waals surface area contributed by atoms with E-state index < -0.39 is 23.7 Å². The number of hydrogen-bond donors (Lipinski definition) is 3. The van der Waals surface area contributed by atoms with Crippen LogP contribution in [-0.2, 0) is 27.3 Å². The van der Waals surface area contributed by atoms with E-state index in [9.17, 15) is 9.59 Å². The molecule has 0 aliphatic carbocycles. The van der Waals surface area contributed by atoms with E-state index in [1.54, 1.807) is 39.0 Å². The lowest BCUT2D eigenvalue weighted by Gasteiger charge is -2.34. The largest absolute Gasteiger partial charge is 0.458 e. The SMILES string of the molecule is Cc1nc(NC[C@H](NC(=O)OCc2ccccc2Cl)C(=O)OC(C)(C)C)c(C)c(N2CCC(c3ccc4c(n3)NCCC4)CC2)n1. The molecule has 0 unspecified atom stereocenters. The average molecular weight is 650 g/mol. The molecule has 1 saturated heterocycles. The maximum atomic E-state index is 13.1. The predicted molar refractivity (Wildman–Crippen MR) is 180 cm³/mol. The third kappa shape index (κ3) is 8.57. The topological polar surface area (TPSA) is 131 Å². The molecule has 0 spiro atoms. The lowest BCUT2D eigenvalue weighted by molar-refractivity contribution is -0.156. The summed E-state index contributed by atoms with van der Waals surface area (Å²) in [6.07, 6.45) is 3.41. The predicted octanol–water partition coefficient (Wildman–Crippen LogP) is 5.93. The van der Waals surface area contributed by atoms with Gasteiger partial charge in [-0.15, -0.1) is 0 Å². The first-order chi connectivity index (χ1) is 22.0. The van der Waals surface area contributed by atoms with Crippen LogP contribution in [0.4, 0.5) is 22.2 Å². The molecule has 5 rings (SSSR count). The van der Waals surface area contributed by atoms with Crippen molar-refractivity contribution in [2.24, 2.45) is 0 Å². The number of nitrogens with zero attached hydrogens (tertiary/aromatic N) is 4. The summed E-state index contributed by atoms with van der Waals surface area (Å²) in [4.78, 5) is 42.5. The van der Waals surface area contributed by atoms with Gasteiger partial charge in [-0.2, -0.15) is 0 Å². The number of amides is 1. The Labute approximate surface area is 275 Å². The molecule has 11 nitrogen and oxygen atoms in total. The number of aryl methyl sites for hydroxylation is 2. The van der Waals surface area contributed by atoms with E-state index in [2.05, 4.69) is 38.0 Å². The molecular formula is C34H44ClN7O4. The molecule has 0 bridgehead atoms. The number of anilines is 3. The minimum absolute atomic E-state index is 0.0347. The Balaban J connectivity index is 1.24. The molecule has 2 aliphatic rings. The van der Waals surface area contributed by atoms with Gasteiger partial charge in [0.1, 0.15) is 41.5 Å². The van der Waals surface area contributed by atoms with Crippen molar-refractivity contribution in [3.63, 3.8) is 0 Å². The molecule has 1 atom stereocenters. The van der Waals surface area contributed by atoms with E-state index in [0.717, 1.165) is 68.2 Å². The zero-order chi connectivity index (χ0) is 32.8. The number of fused-ring (bicyclic) bond motifs is 1. The standard InChI is InChI=1S/C34H44ClN7O4/c1-21-29(37-19-28(32(43)46-34(3,4)5)41-33(44)45-20-25-9-6-7-11-26(25)35)38-22(2)39-31(21)42-17-14-23(15-18-42)27-13-12-24-10-8-16-36-30(24)40-27/h6-7,9,11-13,23,28H,8,10,14-20H2,1-5H3,(H,36,40)(H,41,44)(H,37,38,39)/t28-/m0/s1. The fraction of sp³-hybridized carbons (Fsp3) is 0.500. The van der Waals surface area contributed by atoms with E-state index >= 15 is 0 Å². The molecule has 46 heavy (non-hydrogen) atoms. The quantitative estimate of drug-likeness (QED) is 0.240. The van der Waals surface area contributed by atoms with Gasteiger partial charge < -0.3 is 30.3 Å². The number of aromatic nitrogens is 3. The van der Waals surface area contributed by atoms with Crippen molar-refractivity contribution < 1.29 is 19.1 Å². The van der Waals surface area contributed by atoms with Crippen molar-refractivity contribution in [2.45, 2.75) is 84.5 Å². The zero-order valence-corrected chi connectivity index (χ0v) is 28.0. The van der Waals surface area contributed by atoms with E-state index in [4.69, 9.17) is 31.0 Å². The molecule has 3 aromatic rings. The van der Waals surface area contributed by atoms with Gasteiger partial charge in [-0.05, 0) is 78.0 Å². The number of hydrogen-bond acceptors (Lipinski definition) is 10. The summed E-state index contributed by atoms with van der Waals surface area (Å²) in [6.45, 7) is 11.8. The van der Waals surface area contributed by atoms with Gasteiger partial charge in [0.25, 0.3) is 0 Å². The van der Waals surface area contributed by atoms with Crippen molar-refractivity contribution in [3.05, 3.63) is 69.6 Å². The average Bonchev–Trinajstić information content (AvgIpc) is 3.03. The molecule has 1 aromatic carbocycles. The number of rotatable bonds is 9. The van der Waals surface area contributed by atoms with Crippen LogP contribution in [0.5, 0.6) is 0 Å². The molecule has 4 heterocycles. The third-order valence-electron chi connectivity index (χ3n) is 8.13. The molecule has 1 amide bonds. The van der Waals surface area contributed by atoms with Gasteiger partial charge in [0, 0.05) is 53.9 Å². The van der Waals surface area contributed by atoms with Crippen LogP contribution in [0.25, 0.3) is 0 Å². The van der Waals surface area contributed by atoms with Crippen LogP contribution in [0.15, 0.2) is 36.4 Å². The van der Waals surface area contributed by atoms with Gasteiger partial charge in [-0.25, -0.2) is 24.5 Å². The number of pyridine rings is 1. The number of esters is 1. The van der Waals surface area contributed by atoms with Crippen LogP contribution in [-0.4, -0.2) is 64.8 Å². The monoisotopic (exact) mass is 649 g/mol.